The van der Waals surface area contributed by atoms with Gasteiger partial charge in [0.2, 0.25) is 0 Å². The summed E-state index contributed by atoms with van der Waals surface area (Å²) in [5.41, 5.74) is 1.04. The molecule has 22 heavy (non-hydrogen) atoms. The minimum Gasteiger partial charge on any atom is -0.506 e. The van der Waals surface area contributed by atoms with Crippen LogP contribution in [0.15, 0.2) is 23.3 Å². The smallest absolute Gasteiger partial charge is 0.180 e. The second kappa shape index (κ2) is 4.84. The van der Waals surface area contributed by atoms with Gasteiger partial charge in [-0.15, -0.1) is 0 Å². The summed E-state index contributed by atoms with van der Waals surface area (Å²) in [6.45, 7) is 2.67. The van der Waals surface area contributed by atoms with Crippen molar-refractivity contribution in [2.75, 3.05) is 0 Å². The first-order valence-electron chi connectivity index (χ1n) is 6.66. The number of hydrogen-bond donors (Lipinski definition) is 1. The molecular formula is C16H12N2O4. The minimum absolute atomic E-state index is 0.111. The van der Waals surface area contributed by atoms with Crippen LogP contribution >= 0.6 is 0 Å². The van der Waals surface area contributed by atoms with Crippen LogP contribution in [0.4, 0.5) is 5.69 Å². The molecule has 0 fully saturated rings. The summed E-state index contributed by atoms with van der Waals surface area (Å²) in [5, 5.41) is 10.5. The van der Waals surface area contributed by atoms with Crippen LogP contribution in [0.25, 0.3) is 10.9 Å². The Balaban J connectivity index is 2.28. The molecule has 1 aliphatic heterocycles. The molecule has 0 bridgehead atoms. The fourth-order valence-corrected chi connectivity index (χ4v) is 2.50. The molecule has 1 N–H and O–H groups in total. The van der Waals surface area contributed by atoms with Crippen molar-refractivity contribution >= 4 is 40.2 Å². The molecule has 0 saturated carbocycles. The predicted octanol–water partition coefficient (Wildman–Crippen LogP) is 2.25. The van der Waals surface area contributed by atoms with Crippen molar-refractivity contribution in [3.63, 3.8) is 0 Å². The molecule has 2 heterocycles. The number of nitrogens with zero attached hydrogens (tertiary/aromatic N) is 2. The Labute approximate surface area is 125 Å². The maximum atomic E-state index is 12.3. The number of fused-ring (bicyclic) bond motifs is 3. The first-order valence-corrected chi connectivity index (χ1v) is 6.66. The minimum atomic E-state index is -0.880. The summed E-state index contributed by atoms with van der Waals surface area (Å²) in [6, 6.07) is 3.01. The second-order valence-electron chi connectivity index (χ2n) is 5.17. The van der Waals surface area contributed by atoms with E-state index in [1.54, 1.807) is 0 Å². The average Bonchev–Trinajstić information content (AvgIpc) is 2.47. The molecule has 0 spiro atoms. The van der Waals surface area contributed by atoms with Gasteiger partial charge in [-0.05, 0) is 26.0 Å². The number of benzene rings is 1. The molecule has 6 heteroatoms. The standard InChI is InChI=1S/C16H12N2O4/c1-7(19)11-5-17-13-9(15(11)21)3-4-10-14(13)18-6-12(8(2)20)16(10)22/h3-6,11H,1-2H3,(H,18,22). The Kier molecular flexibility index (Phi) is 3.09. The Morgan fingerprint density at radius 3 is 2.59 bits per heavy atom. The van der Waals surface area contributed by atoms with Gasteiger partial charge in [0.05, 0.1) is 11.3 Å². The van der Waals surface area contributed by atoms with Crippen molar-refractivity contribution in [2.45, 2.75) is 13.8 Å². The van der Waals surface area contributed by atoms with Gasteiger partial charge >= 0.3 is 0 Å². The van der Waals surface area contributed by atoms with E-state index in [1.807, 2.05) is 0 Å². The summed E-state index contributed by atoms with van der Waals surface area (Å²) >= 11 is 0. The number of aromatic hydroxyl groups is 1. The van der Waals surface area contributed by atoms with Crippen molar-refractivity contribution in [1.29, 1.82) is 0 Å². The molecule has 110 valence electrons. The van der Waals surface area contributed by atoms with Gasteiger partial charge in [-0.25, -0.2) is 0 Å². The highest BCUT2D eigenvalue weighted by Gasteiger charge is 2.30. The fraction of sp³-hybridized carbons (Fsp3) is 0.188. The van der Waals surface area contributed by atoms with Crippen molar-refractivity contribution in [3.8, 4) is 5.75 Å². The molecule has 0 amide bonds. The number of rotatable bonds is 2. The molecule has 2 aromatic rings. The van der Waals surface area contributed by atoms with E-state index in [1.165, 1.54) is 38.4 Å². The summed E-state index contributed by atoms with van der Waals surface area (Å²) < 4.78 is 0. The molecule has 1 atom stereocenters. The van der Waals surface area contributed by atoms with Crippen molar-refractivity contribution < 1.29 is 19.5 Å². The van der Waals surface area contributed by atoms with E-state index in [4.69, 9.17) is 0 Å². The van der Waals surface area contributed by atoms with E-state index in [0.29, 0.717) is 16.6 Å². The fourth-order valence-electron chi connectivity index (χ4n) is 2.50. The second-order valence-corrected chi connectivity index (χ2v) is 5.17. The van der Waals surface area contributed by atoms with Crippen LogP contribution in [-0.4, -0.2) is 33.7 Å². The molecule has 6 nitrogen and oxygen atoms in total. The molecule has 1 aromatic heterocycles. The van der Waals surface area contributed by atoms with Crippen LogP contribution in [0.5, 0.6) is 5.75 Å². The highest BCUT2D eigenvalue weighted by Crippen LogP contribution is 2.37. The van der Waals surface area contributed by atoms with Gasteiger partial charge in [0, 0.05) is 23.4 Å². The summed E-state index contributed by atoms with van der Waals surface area (Å²) in [6.07, 6.45) is 2.56. The van der Waals surface area contributed by atoms with Crippen LogP contribution in [-0.2, 0) is 4.79 Å². The predicted molar refractivity (Wildman–Crippen MR) is 80.1 cm³/mol. The Morgan fingerprint density at radius 2 is 1.95 bits per heavy atom. The number of hydrogen-bond acceptors (Lipinski definition) is 6. The normalized spacial score (nSPS) is 16.6. The first kappa shape index (κ1) is 14.1. The number of carbonyl (C=O) groups excluding carboxylic acids is 3. The number of carbonyl (C=O) groups is 3. The lowest BCUT2D eigenvalue weighted by Gasteiger charge is -2.17. The van der Waals surface area contributed by atoms with Crippen LogP contribution in [0.3, 0.4) is 0 Å². The average molecular weight is 296 g/mol. The number of aromatic nitrogens is 1. The number of Topliss-reactive ketones (excluding diaryl/α,β-unsaturated/α-hetero) is 3. The van der Waals surface area contributed by atoms with E-state index in [9.17, 15) is 19.5 Å². The lowest BCUT2D eigenvalue weighted by Crippen LogP contribution is -2.26. The number of pyridine rings is 1. The summed E-state index contributed by atoms with van der Waals surface area (Å²) in [7, 11) is 0. The number of ketones is 3. The zero-order valence-electron chi connectivity index (χ0n) is 12.0. The van der Waals surface area contributed by atoms with Crippen molar-refractivity contribution in [2.24, 2.45) is 10.9 Å². The molecule has 1 unspecified atom stereocenters. The van der Waals surface area contributed by atoms with E-state index >= 15 is 0 Å². The van der Waals surface area contributed by atoms with E-state index in [-0.39, 0.29) is 34.2 Å². The lowest BCUT2D eigenvalue weighted by atomic mass is 9.90. The molecule has 0 aliphatic carbocycles. The highest BCUT2D eigenvalue weighted by atomic mass is 16.3. The van der Waals surface area contributed by atoms with Gasteiger partial charge in [-0.1, -0.05) is 0 Å². The summed E-state index contributed by atoms with van der Waals surface area (Å²) in [4.78, 5) is 43.5. The quantitative estimate of drug-likeness (QED) is 0.677. The van der Waals surface area contributed by atoms with Gasteiger partial charge in [-0.2, -0.15) is 0 Å². The Bertz CT molecular complexity index is 883. The largest absolute Gasteiger partial charge is 0.506 e. The number of aliphatic imine (C=N–C) groups is 1. The van der Waals surface area contributed by atoms with Crippen LogP contribution in [0.2, 0.25) is 0 Å². The molecule has 0 saturated heterocycles. The van der Waals surface area contributed by atoms with Crippen molar-refractivity contribution in [1.82, 2.24) is 4.98 Å². The van der Waals surface area contributed by atoms with Crippen molar-refractivity contribution in [3.05, 3.63) is 29.5 Å². The summed E-state index contributed by atoms with van der Waals surface area (Å²) in [5.74, 6) is -1.98. The third-order valence-electron chi connectivity index (χ3n) is 3.70. The molecule has 1 aromatic carbocycles. The molecule has 1 aliphatic rings. The Hall–Kier alpha value is -2.89. The SMILES string of the molecule is CC(=O)c1cnc2c3c(ccc2c1O)C(=O)C(C(C)=O)C=N3. The molecule has 0 radical (unpaired) electrons. The van der Waals surface area contributed by atoms with E-state index < -0.39 is 5.92 Å². The topological polar surface area (TPSA) is 96.7 Å². The van der Waals surface area contributed by atoms with E-state index in [0.717, 1.165) is 0 Å². The maximum absolute atomic E-state index is 12.3. The maximum Gasteiger partial charge on any atom is 0.180 e. The van der Waals surface area contributed by atoms with Gasteiger partial charge < -0.3 is 5.11 Å². The van der Waals surface area contributed by atoms with Gasteiger partial charge in [-0.3, -0.25) is 24.4 Å². The zero-order valence-corrected chi connectivity index (χ0v) is 12.0. The third kappa shape index (κ3) is 1.92. The third-order valence-corrected chi connectivity index (χ3v) is 3.70. The lowest BCUT2D eigenvalue weighted by molar-refractivity contribution is -0.117. The monoisotopic (exact) mass is 296 g/mol. The van der Waals surface area contributed by atoms with Gasteiger partial charge in [0.15, 0.2) is 11.6 Å². The van der Waals surface area contributed by atoms with Gasteiger partial charge in [0.25, 0.3) is 0 Å². The molecule has 3 rings (SSSR count). The van der Waals surface area contributed by atoms with E-state index in [2.05, 4.69) is 9.98 Å². The van der Waals surface area contributed by atoms with Crippen LogP contribution in [0, 0.1) is 5.92 Å². The van der Waals surface area contributed by atoms with Crippen LogP contribution in [0.1, 0.15) is 34.6 Å². The highest BCUT2D eigenvalue weighted by molar-refractivity contribution is 6.25. The van der Waals surface area contributed by atoms with Gasteiger partial charge in [0.1, 0.15) is 23.0 Å². The van der Waals surface area contributed by atoms with Crippen LogP contribution < -0.4 is 0 Å². The first-order chi connectivity index (χ1) is 10.4. The molecular weight excluding hydrogens is 284 g/mol. The Morgan fingerprint density at radius 1 is 1.23 bits per heavy atom. The zero-order chi connectivity index (χ0) is 16.0.